The standard InChI is InChI=1S/C38H48FN3O6/c1-8-24-11-12-33(28(14-24)21-34(43)47-37(2,3)4)42-35(44)29-17-27(19-31(20-29)40-23-32-10-9-13-46-32)26-15-25(16-30(39)18-26)22-41-36(45)48-38(5,6)7/h11-12,14-20,32,40H,8-10,13,21-23H2,1-7H3,(H,41,45)(H,42,44)/t32-/m0/s1. The van der Waals surface area contributed by atoms with Crippen LogP contribution in [-0.4, -0.2) is 48.4 Å². The summed E-state index contributed by atoms with van der Waals surface area (Å²) >= 11 is 0. The van der Waals surface area contributed by atoms with Crippen molar-refractivity contribution in [3.8, 4) is 11.1 Å². The van der Waals surface area contributed by atoms with Crippen LogP contribution in [0.1, 0.15) is 88.4 Å². The van der Waals surface area contributed by atoms with Crippen LogP contribution >= 0.6 is 0 Å². The van der Waals surface area contributed by atoms with Gasteiger partial charge < -0.3 is 30.2 Å². The minimum atomic E-state index is -0.667. The molecule has 0 unspecified atom stereocenters. The van der Waals surface area contributed by atoms with Crippen LogP contribution in [0.25, 0.3) is 11.1 Å². The van der Waals surface area contributed by atoms with E-state index in [0.717, 1.165) is 24.8 Å². The van der Waals surface area contributed by atoms with Crippen LogP contribution in [0, 0.1) is 5.82 Å². The molecule has 0 aliphatic carbocycles. The average Bonchev–Trinajstić information content (AvgIpc) is 3.51. The van der Waals surface area contributed by atoms with E-state index in [9.17, 15) is 18.8 Å². The number of alkyl carbamates (subject to hydrolysis) is 1. The number of hydrogen-bond donors (Lipinski definition) is 3. The molecule has 3 aromatic rings. The number of hydrogen-bond acceptors (Lipinski definition) is 7. The lowest BCUT2D eigenvalue weighted by Gasteiger charge is -2.20. The van der Waals surface area contributed by atoms with Gasteiger partial charge >= 0.3 is 12.1 Å². The molecule has 0 bridgehead atoms. The van der Waals surface area contributed by atoms with Gasteiger partial charge in [-0.1, -0.05) is 19.1 Å². The zero-order valence-electron chi connectivity index (χ0n) is 29.1. The Morgan fingerprint density at radius 3 is 2.29 bits per heavy atom. The zero-order valence-corrected chi connectivity index (χ0v) is 29.1. The number of halogens is 1. The SMILES string of the molecule is CCc1ccc(NC(=O)c2cc(NC[C@@H]3CCCO3)cc(-c3cc(F)cc(CNC(=O)OC(C)(C)C)c3)c2)c(CC(=O)OC(C)(C)C)c1. The quantitative estimate of drug-likeness (QED) is 0.180. The summed E-state index contributed by atoms with van der Waals surface area (Å²) in [5, 5.41) is 9.05. The van der Waals surface area contributed by atoms with Gasteiger partial charge in [-0.25, -0.2) is 9.18 Å². The Hall–Kier alpha value is -4.44. The minimum absolute atomic E-state index is 0.00163. The van der Waals surface area contributed by atoms with Gasteiger partial charge in [0.25, 0.3) is 5.91 Å². The summed E-state index contributed by atoms with van der Waals surface area (Å²) < 4.78 is 31.6. The molecular formula is C38H48FN3O6. The lowest BCUT2D eigenvalue weighted by molar-refractivity contribution is -0.153. The molecule has 1 atom stereocenters. The topological polar surface area (TPSA) is 115 Å². The summed E-state index contributed by atoms with van der Waals surface area (Å²) in [6, 6.07) is 15.4. The number of benzene rings is 3. The smallest absolute Gasteiger partial charge is 0.407 e. The molecule has 1 fully saturated rings. The van der Waals surface area contributed by atoms with E-state index in [1.807, 2.05) is 45.9 Å². The van der Waals surface area contributed by atoms with E-state index in [-0.39, 0.29) is 19.1 Å². The molecule has 258 valence electrons. The number of carbonyl (C=O) groups excluding carboxylic acids is 3. The van der Waals surface area contributed by atoms with E-state index in [2.05, 4.69) is 16.0 Å². The predicted molar refractivity (Wildman–Crippen MR) is 186 cm³/mol. The summed E-state index contributed by atoms with van der Waals surface area (Å²) in [6.07, 6.45) is 2.14. The van der Waals surface area contributed by atoms with Gasteiger partial charge in [0, 0.05) is 36.6 Å². The van der Waals surface area contributed by atoms with Crippen molar-refractivity contribution in [2.75, 3.05) is 23.8 Å². The third-order valence-electron chi connectivity index (χ3n) is 7.46. The summed E-state index contributed by atoms with van der Waals surface area (Å²) in [6.45, 7) is 14.1. The van der Waals surface area contributed by atoms with Crippen molar-refractivity contribution in [3.05, 3.63) is 82.7 Å². The molecule has 2 amide bonds. The summed E-state index contributed by atoms with van der Waals surface area (Å²) in [7, 11) is 0. The molecule has 4 rings (SSSR count). The second kappa shape index (κ2) is 15.6. The van der Waals surface area contributed by atoms with Crippen LogP contribution in [0.3, 0.4) is 0 Å². The maximum absolute atomic E-state index is 14.9. The maximum atomic E-state index is 14.9. The van der Waals surface area contributed by atoms with Crippen molar-refractivity contribution in [2.45, 2.75) is 98.0 Å². The molecule has 1 aliphatic rings. The molecule has 9 nitrogen and oxygen atoms in total. The van der Waals surface area contributed by atoms with Crippen LogP contribution < -0.4 is 16.0 Å². The molecule has 0 aromatic heterocycles. The molecule has 0 saturated carbocycles. The monoisotopic (exact) mass is 661 g/mol. The van der Waals surface area contributed by atoms with Crippen molar-refractivity contribution in [1.29, 1.82) is 0 Å². The van der Waals surface area contributed by atoms with E-state index in [1.165, 1.54) is 12.1 Å². The number of nitrogens with one attached hydrogen (secondary N) is 3. The van der Waals surface area contributed by atoms with Crippen LogP contribution in [0.15, 0.2) is 54.6 Å². The number of rotatable bonds is 11. The van der Waals surface area contributed by atoms with Gasteiger partial charge in [-0.3, -0.25) is 9.59 Å². The Morgan fingerprint density at radius 1 is 0.896 bits per heavy atom. The first-order valence-electron chi connectivity index (χ1n) is 16.5. The fraction of sp³-hybridized carbons (Fsp3) is 0.447. The highest BCUT2D eigenvalue weighted by molar-refractivity contribution is 6.06. The van der Waals surface area contributed by atoms with Crippen LogP contribution in [0.4, 0.5) is 20.6 Å². The van der Waals surface area contributed by atoms with Gasteiger partial charge in [0.2, 0.25) is 0 Å². The fourth-order valence-electron chi connectivity index (χ4n) is 5.33. The Morgan fingerprint density at radius 2 is 1.62 bits per heavy atom. The van der Waals surface area contributed by atoms with Crippen molar-refractivity contribution >= 4 is 29.3 Å². The molecule has 0 radical (unpaired) electrons. The zero-order chi connectivity index (χ0) is 35.1. The molecule has 10 heteroatoms. The number of amides is 2. The molecule has 1 heterocycles. The first-order valence-corrected chi connectivity index (χ1v) is 16.5. The van der Waals surface area contributed by atoms with Crippen molar-refractivity contribution < 1.29 is 33.0 Å². The van der Waals surface area contributed by atoms with E-state index in [0.29, 0.717) is 52.3 Å². The second-order valence-electron chi connectivity index (χ2n) is 14.1. The van der Waals surface area contributed by atoms with Crippen molar-refractivity contribution in [2.24, 2.45) is 0 Å². The lowest BCUT2D eigenvalue weighted by atomic mass is 9.99. The summed E-state index contributed by atoms with van der Waals surface area (Å²) in [4.78, 5) is 38.8. The Balaban J connectivity index is 1.64. The summed E-state index contributed by atoms with van der Waals surface area (Å²) in [5.41, 5.74) is 3.54. The molecule has 0 spiro atoms. The number of esters is 1. The molecule has 3 aromatic carbocycles. The molecule has 48 heavy (non-hydrogen) atoms. The van der Waals surface area contributed by atoms with Gasteiger partial charge in [0.05, 0.1) is 12.5 Å². The van der Waals surface area contributed by atoms with Gasteiger partial charge in [-0.2, -0.15) is 0 Å². The van der Waals surface area contributed by atoms with Gasteiger partial charge in [-0.15, -0.1) is 0 Å². The lowest BCUT2D eigenvalue weighted by Crippen LogP contribution is -2.32. The largest absolute Gasteiger partial charge is 0.460 e. The summed E-state index contributed by atoms with van der Waals surface area (Å²) in [5.74, 6) is -1.27. The Labute approximate surface area is 282 Å². The highest BCUT2D eigenvalue weighted by Gasteiger charge is 2.21. The minimum Gasteiger partial charge on any atom is -0.460 e. The second-order valence-corrected chi connectivity index (χ2v) is 14.1. The van der Waals surface area contributed by atoms with E-state index in [4.69, 9.17) is 14.2 Å². The number of carbonyl (C=O) groups is 3. The predicted octanol–water partition coefficient (Wildman–Crippen LogP) is 7.81. The van der Waals surface area contributed by atoms with Crippen LogP contribution in [0.5, 0.6) is 0 Å². The first-order chi connectivity index (χ1) is 22.6. The first kappa shape index (κ1) is 36.4. The normalized spacial score (nSPS) is 14.7. The Bertz CT molecular complexity index is 1620. The van der Waals surface area contributed by atoms with Crippen LogP contribution in [0.2, 0.25) is 0 Å². The third kappa shape index (κ3) is 11.4. The highest BCUT2D eigenvalue weighted by atomic mass is 19.1. The maximum Gasteiger partial charge on any atom is 0.407 e. The van der Waals surface area contributed by atoms with E-state index >= 15 is 0 Å². The third-order valence-corrected chi connectivity index (χ3v) is 7.46. The fourth-order valence-corrected chi connectivity index (χ4v) is 5.33. The number of aryl methyl sites for hydroxylation is 1. The Kier molecular flexibility index (Phi) is 11.9. The highest BCUT2D eigenvalue weighted by Crippen LogP contribution is 2.29. The van der Waals surface area contributed by atoms with Crippen molar-refractivity contribution in [3.63, 3.8) is 0 Å². The number of ether oxygens (including phenoxy) is 3. The molecule has 1 saturated heterocycles. The average molecular weight is 662 g/mol. The van der Waals surface area contributed by atoms with E-state index < -0.39 is 35.0 Å². The van der Waals surface area contributed by atoms with Gasteiger partial charge in [0.1, 0.15) is 17.0 Å². The molecular weight excluding hydrogens is 613 g/mol. The number of anilines is 2. The van der Waals surface area contributed by atoms with Gasteiger partial charge in [0.15, 0.2) is 0 Å². The molecule has 1 aliphatic heterocycles. The van der Waals surface area contributed by atoms with Crippen molar-refractivity contribution in [1.82, 2.24) is 5.32 Å². The van der Waals surface area contributed by atoms with E-state index in [1.54, 1.807) is 45.0 Å². The van der Waals surface area contributed by atoms with Crippen LogP contribution in [-0.2, 0) is 38.4 Å². The van der Waals surface area contributed by atoms with Gasteiger partial charge in [-0.05, 0) is 131 Å². The molecule has 3 N–H and O–H groups in total.